The lowest BCUT2D eigenvalue weighted by molar-refractivity contribution is -0.255. The molecule has 0 aromatic carbocycles. The molecule has 0 aromatic heterocycles. The molecule has 0 saturated heterocycles. The van der Waals surface area contributed by atoms with Crippen molar-refractivity contribution in [3.05, 3.63) is 12.2 Å². The smallest absolute Gasteiger partial charge is 0.170 e. The van der Waals surface area contributed by atoms with Crippen LogP contribution in [0.1, 0.15) is 46.0 Å². The molecule has 0 aliphatic heterocycles. The monoisotopic (exact) mass is 350 g/mol. The quantitative estimate of drug-likeness (QED) is 0.530. The van der Waals surface area contributed by atoms with Crippen molar-refractivity contribution in [3.63, 3.8) is 0 Å². The Hall–Kier alpha value is -0.750. The van der Waals surface area contributed by atoms with E-state index < -0.39 is 41.0 Å². The first-order chi connectivity index (χ1) is 11.6. The number of Topliss-reactive ketones (excluding diaryl/α,β-unsaturated/α-hetero) is 1. The zero-order chi connectivity index (χ0) is 18.4. The first-order valence-corrected chi connectivity index (χ1v) is 9.53. The highest BCUT2D eigenvalue weighted by atomic mass is 16.3. The number of fused-ring (bicyclic) bond motifs is 3. The Morgan fingerprint density at radius 3 is 2.48 bits per heavy atom. The van der Waals surface area contributed by atoms with E-state index >= 15 is 0 Å². The van der Waals surface area contributed by atoms with E-state index in [4.69, 9.17) is 0 Å². The predicted molar refractivity (Wildman–Crippen MR) is 91.5 cm³/mol. The van der Waals surface area contributed by atoms with Gasteiger partial charge in [-0.2, -0.15) is 0 Å². The van der Waals surface area contributed by atoms with Crippen molar-refractivity contribution in [2.75, 3.05) is 6.61 Å². The third kappa shape index (κ3) is 1.81. The van der Waals surface area contributed by atoms with Gasteiger partial charge in [0, 0.05) is 18.4 Å². The lowest BCUT2D eigenvalue weighted by Gasteiger charge is -2.66. The molecule has 5 heteroatoms. The fourth-order valence-corrected chi connectivity index (χ4v) is 7.51. The molecular weight excluding hydrogens is 320 g/mol. The maximum atomic E-state index is 13.2. The molecule has 1 spiro atoms. The van der Waals surface area contributed by atoms with E-state index in [1.54, 1.807) is 0 Å². The van der Waals surface area contributed by atoms with Gasteiger partial charge in [0.15, 0.2) is 5.78 Å². The van der Waals surface area contributed by atoms with Gasteiger partial charge in [-0.15, -0.1) is 0 Å². The minimum absolute atomic E-state index is 0.00411. The SMILES string of the molecule is C=C1C(=O)[C@@]23[C@H](O)C[C@@H]4[C@@](C)(CO)CCC[C@@]4(C)[C@@H]2[C@@H](O)C[C@@H]1[C@H]3O. The van der Waals surface area contributed by atoms with Gasteiger partial charge in [-0.25, -0.2) is 0 Å². The van der Waals surface area contributed by atoms with Crippen molar-refractivity contribution >= 4 is 5.78 Å². The summed E-state index contributed by atoms with van der Waals surface area (Å²) in [4.78, 5) is 13.2. The number of hydrogen-bond donors (Lipinski definition) is 4. The second kappa shape index (κ2) is 5.16. The Bertz CT molecular complexity index is 632. The van der Waals surface area contributed by atoms with E-state index in [0.717, 1.165) is 19.3 Å². The van der Waals surface area contributed by atoms with Crippen molar-refractivity contribution < 1.29 is 25.2 Å². The number of carbonyl (C=O) groups is 1. The Kier molecular flexibility index (Phi) is 3.64. The summed E-state index contributed by atoms with van der Waals surface area (Å²) in [5.74, 6) is -1.21. The van der Waals surface area contributed by atoms with Crippen LogP contribution in [0.3, 0.4) is 0 Å². The largest absolute Gasteiger partial charge is 0.396 e. The Morgan fingerprint density at radius 2 is 1.84 bits per heavy atom. The Morgan fingerprint density at radius 1 is 1.16 bits per heavy atom. The third-order valence-electron chi connectivity index (χ3n) is 8.58. The minimum atomic E-state index is -1.33. The summed E-state index contributed by atoms with van der Waals surface area (Å²) in [5, 5.41) is 43.2. The molecule has 0 unspecified atom stereocenters. The summed E-state index contributed by atoms with van der Waals surface area (Å²) in [5.41, 5.74) is -1.72. The van der Waals surface area contributed by atoms with E-state index in [-0.39, 0.29) is 23.7 Å². The summed E-state index contributed by atoms with van der Waals surface area (Å²) in [6, 6.07) is 0. The molecule has 4 fully saturated rings. The average Bonchev–Trinajstić information content (AvgIpc) is 2.68. The van der Waals surface area contributed by atoms with Crippen LogP contribution in [0.4, 0.5) is 0 Å². The number of carbonyl (C=O) groups excluding carboxylic acids is 1. The summed E-state index contributed by atoms with van der Waals surface area (Å²) in [7, 11) is 0. The zero-order valence-electron chi connectivity index (χ0n) is 15.1. The second-order valence-corrected chi connectivity index (χ2v) is 9.60. The van der Waals surface area contributed by atoms with Crippen LogP contribution < -0.4 is 0 Å². The molecule has 0 radical (unpaired) electrons. The van der Waals surface area contributed by atoms with E-state index in [9.17, 15) is 25.2 Å². The predicted octanol–water partition coefficient (Wildman–Crippen LogP) is 1.04. The number of hydrogen-bond acceptors (Lipinski definition) is 5. The van der Waals surface area contributed by atoms with Gasteiger partial charge in [0.25, 0.3) is 0 Å². The van der Waals surface area contributed by atoms with E-state index in [1.165, 1.54) is 0 Å². The Balaban J connectivity index is 1.91. The molecule has 0 amide bonds. The molecule has 9 atom stereocenters. The van der Waals surface area contributed by atoms with Gasteiger partial charge in [-0.3, -0.25) is 4.79 Å². The van der Waals surface area contributed by atoms with Gasteiger partial charge in [0.1, 0.15) is 0 Å². The summed E-state index contributed by atoms with van der Waals surface area (Å²) < 4.78 is 0. The fraction of sp³-hybridized carbons (Fsp3) is 0.850. The van der Waals surface area contributed by atoms with Crippen molar-refractivity contribution in [3.8, 4) is 0 Å². The highest BCUT2D eigenvalue weighted by Gasteiger charge is 2.76. The molecule has 5 nitrogen and oxygen atoms in total. The normalized spacial score (nSPS) is 58.0. The van der Waals surface area contributed by atoms with Gasteiger partial charge < -0.3 is 20.4 Å². The molecule has 2 bridgehead atoms. The molecule has 140 valence electrons. The van der Waals surface area contributed by atoms with Crippen LogP contribution >= 0.6 is 0 Å². The molecule has 4 aliphatic carbocycles. The molecule has 4 rings (SSSR count). The highest BCUT2D eigenvalue weighted by Crippen LogP contribution is 2.70. The van der Waals surface area contributed by atoms with E-state index in [2.05, 4.69) is 13.5 Å². The molecular formula is C20H30O5. The van der Waals surface area contributed by atoms with Crippen LogP contribution in [-0.2, 0) is 4.79 Å². The summed E-state index contributed by atoms with van der Waals surface area (Å²) in [6.07, 6.45) is 0.574. The molecule has 0 aromatic rings. The lowest BCUT2D eigenvalue weighted by atomic mass is 9.39. The maximum absolute atomic E-state index is 13.2. The second-order valence-electron chi connectivity index (χ2n) is 9.60. The maximum Gasteiger partial charge on any atom is 0.170 e. The van der Waals surface area contributed by atoms with Crippen molar-refractivity contribution in [2.45, 2.75) is 64.3 Å². The number of aliphatic hydroxyl groups is 4. The van der Waals surface area contributed by atoms with Crippen LogP contribution in [-0.4, -0.2) is 51.1 Å². The number of aliphatic hydroxyl groups excluding tert-OH is 4. The van der Waals surface area contributed by atoms with Crippen molar-refractivity contribution in [1.82, 2.24) is 0 Å². The lowest BCUT2D eigenvalue weighted by Crippen LogP contribution is -2.70. The van der Waals surface area contributed by atoms with Crippen LogP contribution in [0, 0.1) is 34.0 Å². The molecule has 25 heavy (non-hydrogen) atoms. The van der Waals surface area contributed by atoms with Gasteiger partial charge in [0.2, 0.25) is 0 Å². The van der Waals surface area contributed by atoms with Gasteiger partial charge in [-0.1, -0.05) is 26.8 Å². The van der Waals surface area contributed by atoms with Crippen LogP contribution in [0.2, 0.25) is 0 Å². The summed E-state index contributed by atoms with van der Waals surface area (Å²) >= 11 is 0. The van der Waals surface area contributed by atoms with Crippen LogP contribution in [0.5, 0.6) is 0 Å². The minimum Gasteiger partial charge on any atom is -0.396 e. The molecule has 4 aliphatic rings. The third-order valence-corrected chi connectivity index (χ3v) is 8.58. The standard InChI is InChI=1S/C20H30O5/c1-10-11-7-12(22)15-19(3)6-4-5-18(2,9-21)13(19)8-14(23)20(15,16(10)24)17(11)25/h11-15,17,21-23,25H,1,4-9H2,2-3H3/t11-,12-,13+,14+,15-,17+,18+,19+,20+/m0/s1. The average molecular weight is 350 g/mol. The zero-order valence-corrected chi connectivity index (χ0v) is 15.1. The molecule has 4 N–H and O–H groups in total. The summed E-state index contributed by atoms with van der Waals surface area (Å²) in [6.45, 7) is 8.05. The van der Waals surface area contributed by atoms with Gasteiger partial charge in [-0.05, 0) is 48.0 Å². The van der Waals surface area contributed by atoms with Crippen LogP contribution in [0.15, 0.2) is 12.2 Å². The topological polar surface area (TPSA) is 98.0 Å². The first-order valence-electron chi connectivity index (χ1n) is 9.53. The number of rotatable bonds is 1. The van der Waals surface area contributed by atoms with Crippen molar-refractivity contribution in [1.29, 1.82) is 0 Å². The van der Waals surface area contributed by atoms with Crippen LogP contribution in [0.25, 0.3) is 0 Å². The van der Waals surface area contributed by atoms with Crippen molar-refractivity contribution in [2.24, 2.45) is 34.0 Å². The van der Waals surface area contributed by atoms with Gasteiger partial charge in [0.05, 0.1) is 23.7 Å². The first kappa shape index (κ1) is 17.7. The van der Waals surface area contributed by atoms with E-state index in [1.807, 2.05) is 6.92 Å². The Labute approximate surface area is 148 Å². The van der Waals surface area contributed by atoms with E-state index in [0.29, 0.717) is 18.4 Å². The van der Waals surface area contributed by atoms with Gasteiger partial charge >= 0.3 is 0 Å². The molecule has 0 heterocycles. The highest BCUT2D eigenvalue weighted by molar-refractivity contribution is 6.04. The number of ketones is 1. The fourth-order valence-electron chi connectivity index (χ4n) is 7.51. The molecule has 4 saturated carbocycles.